The number of aryl methyl sites for hydroxylation is 1. The lowest BCUT2D eigenvalue weighted by atomic mass is 10.1. The molecule has 0 fully saturated rings. The van der Waals surface area contributed by atoms with E-state index in [1.54, 1.807) is 31.2 Å². The highest BCUT2D eigenvalue weighted by Gasteiger charge is 2.13. The molecule has 4 nitrogen and oxygen atoms in total. The maximum Gasteiger partial charge on any atom is 0.238 e. The van der Waals surface area contributed by atoms with Gasteiger partial charge >= 0.3 is 0 Å². The van der Waals surface area contributed by atoms with Gasteiger partial charge in [0, 0.05) is 11.9 Å². The van der Waals surface area contributed by atoms with Gasteiger partial charge in [0.05, 0.1) is 10.6 Å². The number of nitrogens with zero attached hydrogens (tertiary/aromatic N) is 1. The number of sulfonamides is 1. The van der Waals surface area contributed by atoms with Crippen LogP contribution in [0.15, 0.2) is 65.7 Å². The maximum atomic E-state index is 13.1. The van der Waals surface area contributed by atoms with Crippen LogP contribution in [0.25, 0.3) is 16.9 Å². The van der Waals surface area contributed by atoms with E-state index in [1.165, 1.54) is 18.2 Å². The standard InChI is InChI=1S/C17H15FN2O2S/c1-12-11-15(8-9-17(12)23(19,21)22)20-10-2-3-16(20)13-4-6-14(18)7-5-13/h2-11H,1H3,(H2,19,21,22). The second-order valence-electron chi connectivity index (χ2n) is 5.27. The average Bonchev–Trinajstić information content (AvgIpc) is 2.96. The van der Waals surface area contributed by atoms with Crippen LogP contribution in [-0.2, 0) is 10.0 Å². The molecule has 1 aromatic heterocycles. The van der Waals surface area contributed by atoms with Crippen molar-refractivity contribution < 1.29 is 12.8 Å². The molecule has 0 aliphatic rings. The van der Waals surface area contributed by atoms with Crippen LogP contribution in [0.1, 0.15) is 5.56 Å². The van der Waals surface area contributed by atoms with Gasteiger partial charge in [-0.25, -0.2) is 17.9 Å². The SMILES string of the molecule is Cc1cc(-n2cccc2-c2ccc(F)cc2)ccc1S(N)(=O)=O. The van der Waals surface area contributed by atoms with Gasteiger partial charge in [-0.2, -0.15) is 0 Å². The third-order valence-corrected chi connectivity index (χ3v) is 4.70. The van der Waals surface area contributed by atoms with Gasteiger partial charge in [-0.3, -0.25) is 0 Å². The zero-order valence-corrected chi connectivity index (χ0v) is 13.2. The number of hydrogen-bond donors (Lipinski definition) is 1. The molecule has 6 heteroatoms. The van der Waals surface area contributed by atoms with E-state index >= 15 is 0 Å². The van der Waals surface area contributed by atoms with Crippen molar-refractivity contribution in [3.05, 3.63) is 72.2 Å². The normalized spacial score (nSPS) is 11.6. The van der Waals surface area contributed by atoms with E-state index in [-0.39, 0.29) is 10.7 Å². The summed E-state index contributed by atoms with van der Waals surface area (Å²) < 4.78 is 38.0. The largest absolute Gasteiger partial charge is 0.317 e. The van der Waals surface area contributed by atoms with E-state index in [2.05, 4.69) is 0 Å². The first-order valence-corrected chi connectivity index (χ1v) is 8.48. The minimum atomic E-state index is -3.74. The summed E-state index contributed by atoms with van der Waals surface area (Å²) in [4.78, 5) is 0.108. The first-order chi connectivity index (χ1) is 10.9. The first-order valence-electron chi connectivity index (χ1n) is 6.93. The van der Waals surface area contributed by atoms with Crippen LogP contribution in [0.2, 0.25) is 0 Å². The summed E-state index contributed by atoms with van der Waals surface area (Å²) in [7, 11) is -3.74. The highest BCUT2D eigenvalue weighted by atomic mass is 32.2. The highest BCUT2D eigenvalue weighted by molar-refractivity contribution is 7.89. The fraction of sp³-hybridized carbons (Fsp3) is 0.0588. The molecule has 0 spiro atoms. The summed E-state index contributed by atoms with van der Waals surface area (Å²) in [6.07, 6.45) is 1.87. The van der Waals surface area contributed by atoms with E-state index < -0.39 is 10.0 Å². The zero-order valence-electron chi connectivity index (χ0n) is 12.4. The Balaban J connectivity index is 2.09. The lowest BCUT2D eigenvalue weighted by molar-refractivity contribution is 0.597. The Kier molecular flexibility index (Phi) is 3.79. The van der Waals surface area contributed by atoms with Crippen LogP contribution in [0.3, 0.4) is 0 Å². The summed E-state index contributed by atoms with van der Waals surface area (Å²) >= 11 is 0. The molecule has 0 saturated heterocycles. The molecule has 0 aliphatic carbocycles. The molecule has 0 atom stereocenters. The number of nitrogens with two attached hydrogens (primary N) is 1. The van der Waals surface area contributed by atoms with Gasteiger partial charge in [0.25, 0.3) is 0 Å². The van der Waals surface area contributed by atoms with Crippen LogP contribution in [0, 0.1) is 12.7 Å². The third-order valence-electron chi connectivity index (χ3n) is 3.63. The average molecular weight is 330 g/mol. The molecule has 2 N–H and O–H groups in total. The molecule has 0 bridgehead atoms. The summed E-state index contributed by atoms with van der Waals surface area (Å²) in [5, 5.41) is 5.19. The van der Waals surface area contributed by atoms with Crippen molar-refractivity contribution in [1.82, 2.24) is 4.57 Å². The summed E-state index contributed by atoms with van der Waals surface area (Å²) in [6, 6.07) is 14.9. The van der Waals surface area contributed by atoms with Crippen molar-refractivity contribution in [1.29, 1.82) is 0 Å². The van der Waals surface area contributed by atoms with Gasteiger partial charge in [-0.15, -0.1) is 0 Å². The fourth-order valence-electron chi connectivity index (χ4n) is 2.56. The summed E-state index contributed by atoms with van der Waals surface area (Å²) in [6.45, 7) is 1.70. The predicted octanol–water partition coefficient (Wildman–Crippen LogP) is 3.24. The van der Waals surface area contributed by atoms with E-state index in [0.29, 0.717) is 5.56 Å². The molecule has 0 unspecified atom stereocenters. The Morgan fingerprint density at radius 2 is 1.74 bits per heavy atom. The topological polar surface area (TPSA) is 65.1 Å². The van der Waals surface area contributed by atoms with E-state index in [0.717, 1.165) is 16.9 Å². The van der Waals surface area contributed by atoms with Crippen molar-refractivity contribution in [2.75, 3.05) is 0 Å². The van der Waals surface area contributed by atoms with Crippen LogP contribution < -0.4 is 5.14 Å². The van der Waals surface area contributed by atoms with Gasteiger partial charge in [0.1, 0.15) is 5.82 Å². The van der Waals surface area contributed by atoms with Crippen molar-refractivity contribution in [2.45, 2.75) is 11.8 Å². The summed E-state index contributed by atoms with van der Waals surface area (Å²) in [5.41, 5.74) is 3.13. The van der Waals surface area contributed by atoms with Crippen molar-refractivity contribution in [3.8, 4) is 16.9 Å². The van der Waals surface area contributed by atoms with Gasteiger partial charge in [0.15, 0.2) is 0 Å². The van der Waals surface area contributed by atoms with E-state index in [9.17, 15) is 12.8 Å². The monoisotopic (exact) mass is 330 g/mol. The zero-order chi connectivity index (χ0) is 16.6. The molecule has 118 valence electrons. The van der Waals surface area contributed by atoms with Gasteiger partial charge in [-0.1, -0.05) is 0 Å². The Hall–Kier alpha value is -2.44. The second-order valence-corrected chi connectivity index (χ2v) is 6.79. The van der Waals surface area contributed by atoms with E-state index in [1.807, 2.05) is 22.9 Å². The second kappa shape index (κ2) is 5.64. The number of rotatable bonds is 3. The Morgan fingerprint density at radius 3 is 2.35 bits per heavy atom. The van der Waals surface area contributed by atoms with Crippen molar-refractivity contribution in [3.63, 3.8) is 0 Å². The van der Waals surface area contributed by atoms with Gasteiger partial charge in [-0.05, 0) is 72.6 Å². The Labute approximate surface area is 134 Å². The molecule has 0 saturated carbocycles. The van der Waals surface area contributed by atoms with Crippen molar-refractivity contribution in [2.24, 2.45) is 5.14 Å². The minimum absolute atomic E-state index is 0.108. The third kappa shape index (κ3) is 3.04. The molecule has 3 aromatic rings. The number of primary sulfonamides is 1. The molecule has 0 radical (unpaired) electrons. The fourth-order valence-corrected chi connectivity index (χ4v) is 3.33. The van der Waals surface area contributed by atoms with Crippen LogP contribution in [-0.4, -0.2) is 13.0 Å². The lowest BCUT2D eigenvalue weighted by Crippen LogP contribution is -2.13. The minimum Gasteiger partial charge on any atom is -0.317 e. The van der Waals surface area contributed by atoms with Crippen LogP contribution in [0.5, 0.6) is 0 Å². The van der Waals surface area contributed by atoms with E-state index in [4.69, 9.17) is 5.14 Å². The molecule has 1 heterocycles. The first kappa shape index (κ1) is 15.5. The number of halogens is 1. The van der Waals surface area contributed by atoms with Crippen LogP contribution >= 0.6 is 0 Å². The summed E-state index contributed by atoms with van der Waals surface area (Å²) in [5.74, 6) is -0.291. The molecular formula is C17H15FN2O2S. The molecular weight excluding hydrogens is 315 g/mol. The van der Waals surface area contributed by atoms with Crippen molar-refractivity contribution >= 4 is 10.0 Å². The predicted molar refractivity (Wildman–Crippen MR) is 87.3 cm³/mol. The molecule has 0 amide bonds. The quantitative estimate of drug-likeness (QED) is 0.801. The van der Waals surface area contributed by atoms with Gasteiger partial charge in [0.2, 0.25) is 10.0 Å². The highest BCUT2D eigenvalue weighted by Crippen LogP contribution is 2.26. The van der Waals surface area contributed by atoms with Crippen LogP contribution in [0.4, 0.5) is 4.39 Å². The Bertz CT molecular complexity index is 961. The number of aromatic nitrogens is 1. The number of hydrogen-bond acceptors (Lipinski definition) is 2. The van der Waals surface area contributed by atoms with Gasteiger partial charge < -0.3 is 4.57 Å². The number of benzene rings is 2. The molecule has 23 heavy (non-hydrogen) atoms. The smallest absolute Gasteiger partial charge is 0.238 e. The maximum absolute atomic E-state index is 13.1. The molecule has 0 aliphatic heterocycles. The Morgan fingerprint density at radius 1 is 1.04 bits per heavy atom. The molecule has 3 rings (SSSR count). The lowest BCUT2D eigenvalue weighted by Gasteiger charge is -2.12. The molecule has 2 aromatic carbocycles.